The zero-order valence-corrected chi connectivity index (χ0v) is 13.9. The number of pyridine rings is 1. The molecular formula is C18H21F2N3O. The van der Waals surface area contributed by atoms with Crippen molar-refractivity contribution in [3.05, 3.63) is 40.2 Å². The summed E-state index contributed by atoms with van der Waals surface area (Å²) in [5, 5.41) is 2.65. The third-order valence-electron chi connectivity index (χ3n) is 4.34. The molecule has 1 heterocycles. The van der Waals surface area contributed by atoms with Crippen LogP contribution >= 0.6 is 0 Å². The summed E-state index contributed by atoms with van der Waals surface area (Å²) in [5.74, 6) is -1.67. The molecule has 1 saturated carbocycles. The molecule has 4 nitrogen and oxygen atoms in total. The van der Waals surface area contributed by atoms with Crippen LogP contribution in [0.2, 0.25) is 0 Å². The van der Waals surface area contributed by atoms with Crippen LogP contribution in [0.15, 0.2) is 17.6 Å². The predicted octanol–water partition coefficient (Wildman–Crippen LogP) is 4.05. The average molecular weight is 333 g/mol. The molecule has 0 radical (unpaired) electrons. The molecule has 1 aliphatic rings. The number of fused-ring (bicyclic) bond motifs is 1. The van der Waals surface area contributed by atoms with Crippen molar-refractivity contribution in [3.63, 3.8) is 0 Å². The SMILES string of the molecule is C=C(C)c1cn(C2CC2)c2c(F)c(NCCC)c(F)c(N)c2c1=O. The van der Waals surface area contributed by atoms with Gasteiger partial charge in [-0.15, -0.1) is 0 Å². The second-order valence-electron chi connectivity index (χ2n) is 6.36. The highest BCUT2D eigenvalue weighted by Gasteiger charge is 2.30. The van der Waals surface area contributed by atoms with Crippen molar-refractivity contribution in [1.82, 2.24) is 4.57 Å². The second kappa shape index (κ2) is 5.92. The van der Waals surface area contributed by atoms with E-state index in [1.807, 2.05) is 6.92 Å². The number of nitrogens with two attached hydrogens (primary N) is 1. The van der Waals surface area contributed by atoms with Gasteiger partial charge in [0.15, 0.2) is 17.1 Å². The van der Waals surface area contributed by atoms with Gasteiger partial charge in [0.2, 0.25) is 0 Å². The quantitative estimate of drug-likeness (QED) is 0.812. The molecule has 1 fully saturated rings. The standard InChI is InChI=1S/C18H21F2N3O/c1-4-7-22-16-13(19)15(21)12-17(14(16)20)23(10-5-6-10)8-11(9(2)3)18(12)24/h8,10,22H,2,4-7,21H2,1,3H3. The van der Waals surface area contributed by atoms with Crippen LogP contribution in [0.5, 0.6) is 0 Å². The average Bonchev–Trinajstić information content (AvgIpc) is 3.36. The number of hydrogen-bond donors (Lipinski definition) is 2. The van der Waals surface area contributed by atoms with E-state index in [1.165, 1.54) is 0 Å². The van der Waals surface area contributed by atoms with Crippen LogP contribution in [0.3, 0.4) is 0 Å². The lowest BCUT2D eigenvalue weighted by molar-refractivity contribution is 0.590. The molecule has 1 aromatic carbocycles. The Labute approximate surface area is 139 Å². The van der Waals surface area contributed by atoms with Gasteiger partial charge < -0.3 is 15.6 Å². The van der Waals surface area contributed by atoms with E-state index in [9.17, 15) is 9.18 Å². The summed E-state index contributed by atoms with van der Waals surface area (Å²) in [7, 11) is 0. The number of nitrogens with one attached hydrogen (secondary N) is 1. The topological polar surface area (TPSA) is 60.1 Å². The molecule has 1 aliphatic carbocycles. The first kappa shape index (κ1) is 16.5. The van der Waals surface area contributed by atoms with E-state index in [0.29, 0.717) is 24.1 Å². The molecule has 0 spiro atoms. The minimum atomic E-state index is -0.910. The van der Waals surface area contributed by atoms with E-state index in [0.717, 1.165) is 12.8 Å². The van der Waals surface area contributed by atoms with Gasteiger partial charge in [-0.1, -0.05) is 13.5 Å². The number of hydrogen-bond acceptors (Lipinski definition) is 3. The fourth-order valence-corrected chi connectivity index (χ4v) is 2.92. The number of allylic oxidation sites excluding steroid dienone is 1. The van der Waals surface area contributed by atoms with Crippen molar-refractivity contribution in [2.45, 2.75) is 39.2 Å². The molecule has 1 aromatic heterocycles. The Kier molecular flexibility index (Phi) is 4.07. The van der Waals surface area contributed by atoms with Crippen LogP contribution < -0.4 is 16.5 Å². The smallest absolute Gasteiger partial charge is 0.199 e. The van der Waals surface area contributed by atoms with Gasteiger partial charge in [0.1, 0.15) is 5.69 Å². The lowest BCUT2D eigenvalue weighted by Gasteiger charge is -2.18. The molecule has 0 atom stereocenters. The number of nitrogens with zero attached hydrogens (tertiary/aromatic N) is 1. The minimum absolute atomic E-state index is 0.0741. The molecule has 2 aromatic rings. The number of nitrogen functional groups attached to an aromatic ring is 1. The van der Waals surface area contributed by atoms with Crippen LogP contribution in [0.1, 0.15) is 44.7 Å². The number of anilines is 2. The van der Waals surface area contributed by atoms with Crippen LogP contribution in [-0.4, -0.2) is 11.1 Å². The van der Waals surface area contributed by atoms with E-state index in [-0.39, 0.29) is 28.3 Å². The van der Waals surface area contributed by atoms with Crippen molar-refractivity contribution in [2.24, 2.45) is 0 Å². The fourth-order valence-electron chi connectivity index (χ4n) is 2.92. The van der Waals surface area contributed by atoms with E-state index < -0.39 is 17.1 Å². The van der Waals surface area contributed by atoms with Crippen molar-refractivity contribution in [1.29, 1.82) is 0 Å². The van der Waals surface area contributed by atoms with Gasteiger partial charge >= 0.3 is 0 Å². The maximum absolute atomic E-state index is 15.1. The molecule has 0 bridgehead atoms. The van der Waals surface area contributed by atoms with Gasteiger partial charge in [0, 0.05) is 24.3 Å². The van der Waals surface area contributed by atoms with E-state index in [4.69, 9.17) is 5.73 Å². The molecule has 0 amide bonds. The number of rotatable bonds is 5. The Morgan fingerprint density at radius 3 is 2.62 bits per heavy atom. The molecule has 128 valence electrons. The Hall–Kier alpha value is -2.37. The molecule has 3 N–H and O–H groups in total. The third kappa shape index (κ3) is 2.46. The summed E-state index contributed by atoms with van der Waals surface area (Å²) in [6, 6.07) is 0.101. The van der Waals surface area contributed by atoms with Crippen molar-refractivity contribution < 1.29 is 8.78 Å². The molecule has 3 rings (SSSR count). The molecular weight excluding hydrogens is 312 g/mol. The maximum atomic E-state index is 15.1. The van der Waals surface area contributed by atoms with Gasteiger partial charge in [-0.2, -0.15) is 0 Å². The minimum Gasteiger partial charge on any atom is -0.396 e. The first-order valence-electron chi connectivity index (χ1n) is 8.13. The summed E-state index contributed by atoms with van der Waals surface area (Å²) >= 11 is 0. The zero-order valence-electron chi connectivity index (χ0n) is 13.9. The molecule has 6 heteroatoms. The molecule has 24 heavy (non-hydrogen) atoms. The normalized spacial score (nSPS) is 14.2. The highest BCUT2D eigenvalue weighted by Crippen LogP contribution is 2.41. The van der Waals surface area contributed by atoms with Gasteiger partial charge in [-0.25, -0.2) is 8.78 Å². The second-order valence-corrected chi connectivity index (χ2v) is 6.36. The maximum Gasteiger partial charge on any atom is 0.199 e. The van der Waals surface area contributed by atoms with E-state index in [1.54, 1.807) is 17.7 Å². The van der Waals surface area contributed by atoms with Crippen molar-refractivity contribution in [2.75, 3.05) is 17.6 Å². The summed E-state index contributed by atoms with van der Waals surface area (Å²) in [5.41, 5.74) is 5.80. The first-order valence-corrected chi connectivity index (χ1v) is 8.13. The predicted molar refractivity (Wildman–Crippen MR) is 94.3 cm³/mol. The summed E-state index contributed by atoms with van der Waals surface area (Å²) < 4.78 is 31.3. The number of aromatic nitrogens is 1. The number of halogens is 2. The summed E-state index contributed by atoms with van der Waals surface area (Å²) in [4.78, 5) is 12.7. The third-order valence-corrected chi connectivity index (χ3v) is 4.34. The van der Waals surface area contributed by atoms with Gasteiger partial charge in [0.25, 0.3) is 0 Å². The van der Waals surface area contributed by atoms with E-state index >= 15 is 4.39 Å². The van der Waals surface area contributed by atoms with Gasteiger partial charge in [-0.05, 0) is 31.8 Å². The van der Waals surface area contributed by atoms with Crippen LogP contribution in [0, 0.1) is 11.6 Å². The van der Waals surface area contributed by atoms with Crippen LogP contribution in [0.4, 0.5) is 20.2 Å². The van der Waals surface area contributed by atoms with Crippen LogP contribution in [-0.2, 0) is 0 Å². The lowest BCUT2D eigenvalue weighted by atomic mass is 10.0. The molecule has 0 saturated heterocycles. The Bertz CT molecular complexity index is 898. The first-order chi connectivity index (χ1) is 11.4. The lowest BCUT2D eigenvalue weighted by Crippen LogP contribution is -2.18. The molecule has 0 aliphatic heterocycles. The van der Waals surface area contributed by atoms with Gasteiger partial charge in [-0.3, -0.25) is 4.79 Å². The van der Waals surface area contributed by atoms with E-state index in [2.05, 4.69) is 11.9 Å². The number of benzene rings is 1. The highest BCUT2D eigenvalue weighted by atomic mass is 19.1. The monoisotopic (exact) mass is 333 g/mol. The Morgan fingerprint density at radius 2 is 2.08 bits per heavy atom. The van der Waals surface area contributed by atoms with Crippen molar-refractivity contribution >= 4 is 27.9 Å². The summed E-state index contributed by atoms with van der Waals surface area (Å²) in [6.07, 6.45) is 4.11. The Morgan fingerprint density at radius 1 is 1.42 bits per heavy atom. The highest BCUT2D eigenvalue weighted by molar-refractivity contribution is 5.96. The summed E-state index contributed by atoms with van der Waals surface area (Å²) in [6.45, 7) is 7.80. The largest absolute Gasteiger partial charge is 0.396 e. The zero-order chi connectivity index (χ0) is 17.6. The van der Waals surface area contributed by atoms with Gasteiger partial charge in [0.05, 0.1) is 16.6 Å². The molecule has 0 unspecified atom stereocenters. The van der Waals surface area contributed by atoms with Crippen molar-refractivity contribution in [3.8, 4) is 0 Å². The Balaban J connectivity index is 2.44. The fraction of sp³-hybridized carbons (Fsp3) is 0.389. The van der Waals surface area contributed by atoms with Crippen LogP contribution in [0.25, 0.3) is 16.5 Å².